The van der Waals surface area contributed by atoms with Gasteiger partial charge in [-0.15, -0.1) is 0 Å². The van der Waals surface area contributed by atoms with Gasteiger partial charge in [0.2, 0.25) is 0 Å². The lowest BCUT2D eigenvalue weighted by atomic mass is 9.84. The van der Waals surface area contributed by atoms with Crippen molar-refractivity contribution in [2.24, 2.45) is 11.8 Å². The molecule has 2 fully saturated rings. The average molecular weight is 258 g/mol. The largest absolute Gasteiger partial charge is 0.370 e. The first kappa shape index (κ1) is 14.3. The lowest BCUT2D eigenvalue weighted by molar-refractivity contribution is -0.377. The van der Waals surface area contributed by atoms with Gasteiger partial charge in [0.15, 0.2) is 0 Å². The van der Waals surface area contributed by atoms with Crippen LogP contribution in [0.4, 0.5) is 0 Å². The van der Waals surface area contributed by atoms with Crippen molar-refractivity contribution in [3.63, 3.8) is 0 Å². The highest BCUT2D eigenvalue weighted by Crippen LogP contribution is 2.42. The van der Waals surface area contributed by atoms with Gasteiger partial charge in [0.05, 0.1) is 12.2 Å². The second kappa shape index (κ2) is 5.87. The number of methoxy groups -OCH3 is 3. The Balaban J connectivity index is 1.77. The Morgan fingerprint density at radius 2 is 1.78 bits per heavy atom. The van der Waals surface area contributed by atoms with Gasteiger partial charge in [0.1, 0.15) is 0 Å². The molecule has 106 valence electrons. The molecule has 1 saturated carbocycles. The van der Waals surface area contributed by atoms with Gasteiger partial charge in [-0.25, -0.2) is 0 Å². The van der Waals surface area contributed by atoms with Crippen LogP contribution in [0.3, 0.4) is 0 Å². The molecule has 0 N–H and O–H groups in total. The molecule has 2 aliphatic rings. The molecule has 2 rings (SSSR count). The van der Waals surface area contributed by atoms with Crippen molar-refractivity contribution < 1.29 is 18.9 Å². The van der Waals surface area contributed by atoms with Crippen molar-refractivity contribution in [3.8, 4) is 0 Å². The van der Waals surface area contributed by atoms with Gasteiger partial charge in [0, 0.05) is 27.2 Å². The normalized spacial score (nSPS) is 33.0. The molecule has 4 heteroatoms. The fourth-order valence-electron chi connectivity index (χ4n) is 3.26. The summed E-state index contributed by atoms with van der Waals surface area (Å²) in [4.78, 5) is 0. The zero-order valence-corrected chi connectivity index (χ0v) is 12.0. The van der Waals surface area contributed by atoms with Gasteiger partial charge in [0.25, 0.3) is 5.97 Å². The molecule has 18 heavy (non-hydrogen) atoms. The van der Waals surface area contributed by atoms with E-state index in [4.69, 9.17) is 18.9 Å². The zero-order chi connectivity index (χ0) is 13.2. The Bertz CT molecular complexity index is 256. The SMILES string of the molecule is COC(OC)(OC)C(C)CCC1CCC2OC2C1. The number of epoxide rings is 1. The molecule has 4 atom stereocenters. The molecule has 0 radical (unpaired) electrons. The smallest absolute Gasteiger partial charge is 0.284 e. The predicted molar refractivity (Wildman–Crippen MR) is 68.2 cm³/mol. The molecule has 0 bridgehead atoms. The molecule has 0 spiro atoms. The van der Waals surface area contributed by atoms with Crippen LogP contribution in [-0.2, 0) is 18.9 Å². The van der Waals surface area contributed by atoms with Gasteiger partial charge < -0.3 is 18.9 Å². The minimum Gasteiger partial charge on any atom is -0.370 e. The third kappa shape index (κ3) is 2.87. The Labute approximate surface area is 110 Å². The highest BCUT2D eigenvalue weighted by Gasteiger charge is 2.44. The van der Waals surface area contributed by atoms with Crippen molar-refractivity contribution >= 4 is 0 Å². The topological polar surface area (TPSA) is 40.2 Å². The summed E-state index contributed by atoms with van der Waals surface area (Å²) in [6, 6.07) is 0. The molecular weight excluding hydrogens is 232 g/mol. The van der Waals surface area contributed by atoms with Crippen molar-refractivity contribution in [1.29, 1.82) is 0 Å². The Morgan fingerprint density at radius 3 is 2.33 bits per heavy atom. The van der Waals surface area contributed by atoms with Gasteiger partial charge in [-0.2, -0.15) is 0 Å². The van der Waals surface area contributed by atoms with E-state index in [1.165, 1.54) is 25.7 Å². The first-order valence-corrected chi connectivity index (χ1v) is 6.96. The molecular formula is C14H26O4. The summed E-state index contributed by atoms with van der Waals surface area (Å²) < 4.78 is 21.8. The number of rotatable bonds is 7. The maximum Gasteiger partial charge on any atom is 0.284 e. The lowest BCUT2D eigenvalue weighted by Gasteiger charge is -2.35. The van der Waals surface area contributed by atoms with Gasteiger partial charge >= 0.3 is 0 Å². The second-order valence-electron chi connectivity index (χ2n) is 5.59. The van der Waals surface area contributed by atoms with E-state index in [0.717, 1.165) is 12.3 Å². The summed E-state index contributed by atoms with van der Waals surface area (Å²) in [5.41, 5.74) is 0. The zero-order valence-electron chi connectivity index (χ0n) is 12.0. The Morgan fingerprint density at radius 1 is 1.11 bits per heavy atom. The van der Waals surface area contributed by atoms with Crippen LogP contribution in [-0.4, -0.2) is 39.5 Å². The standard InChI is InChI=1S/C14H26O4/c1-10(14(15-2,16-3)17-4)5-6-11-7-8-12-13(9-11)18-12/h10-13H,5-9H2,1-4H3. The molecule has 0 aromatic carbocycles. The van der Waals surface area contributed by atoms with E-state index in [1.807, 2.05) is 0 Å². The van der Waals surface area contributed by atoms with Crippen molar-refractivity contribution in [1.82, 2.24) is 0 Å². The van der Waals surface area contributed by atoms with Gasteiger partial charge in [-0.05, 0) is 38.0 Å². The summed E-state index contributed by atoms with van der Waals surface area (Å²) in [5, 5.41) is 0. The summed E-state index contributed by atoms with van der Waals surface area (Å²) in [6.07, 6.45) is 7.19. The highest BCUT2D eigenvalue weighted by atomic mass is 16.9. The fraction of sp³-hybridized carbons (Fsp3) is 1.00. The molecule has 0 aromatic heterocycles. The van der Waals surface area contributed by atoms with Crippen LogP contribution in [0.5, 0.6) is 0 Å². The predicted octanol–water partition coefficient (Wildman–Crippen LogP) is 2.56. The van der Waals surface area contributed by atoms with Crippen LogP contribution in [0.15, 0.2) is 0 Å². The molecule has 1 aliphatic carbocycles. The molecule has 1 saturated heterocycles. The van der Waals surface area contributed by atoms with E-state index in [0.29, 0.717) is 12.2 Å². The van der Waals surface area contributed by atoms with Gasteiger partial charge in [-0.3, -0.25) is 0 Å². The van der Waals surface area contributed by atoms with Gasteiger partial charge in [-0.1, -0.05) is 6.92 Å². The van der Waals surface area contributed by atoms with Crippen LogP contribution in [0, 0.1) is 11.8 Å². The number of hydrogen-bond donors (Lipinski definition) is 0. The summed E-state index contributed by atoms with van der Waals surface area (Å²) in [6.45, 7) is 2.12. The summed E-state index contributed by atoms with van der Waals surface area (Å²) in [5.74, 6) is 0.114. The van der Waals surface area contributed by atoms with E-state index in [1.54, 1.807) is 21.3 Å². The summed E-state index contributed by atoms with van der Waals surface area (Å²) in [7, 11) is 4.90. The lowest BCUT2D eigenvalue weighted by Crippen LogP contribution is -2.42. The number of ether oxygens (including phenoxy) is 4. The van der Waals surface area contributed by atoms with Crippen LogP contribution in [0.1, 0.15) is 39.0 Å². The third-order valence-electron chi connectivity index (χ3n) is 4.58. The first-order valence-electron chi connectivity index (χ1n) is 6.96. The number of fused-ring (bicyclic) bond motifs is 1. The number of hydrogen-bond acceptors (Lipinski definition) is 4. The van der Waals surface area contributed by atoms with Crippen LogP contribution in [0.2, 0.25) is 0 Å². The van der Waals surface area contributed by atoms with Crippen molar-refractivity contribution in [2.75, 3.05) is 21.3 Å². The highest BCUT2D eigenvalue weighted by molar-refractivity contribution is 4.91. The molecule has 4 unspecified atom stereocenters. The molecule has 0 amide bonds. The van der Waals surface area contributed by atoms with Crippen LogP contribution in [0.25, 0.3) is 0 Å². The maximum absolute atomic E-state index is 5.57. The van der Waals surface area contributed by atoms with Crippen LogP contribution >= 0.6 is 0 Å². The Hall–Kier alpha value is -0.160. The van der Waals surface area contributed by atoms with E-state index >= 15 is 0 Å². The maximum atomic E-state index is 5.57. The van der Waals surface area contributed by atoms with Crippen molar-refractivity contribution in [3.05, 3.63) is 0 Å². The molecule has 1 aliphatic heterocycles. The monoisotopic (exact) mass is 258 g/mol. The molecule has 4 nitrogen and oxygen atoms in total. The van der Waals surface area contributed by atoms with E-state index in [-0.39, 0.29) is 5.92 Å². The summed E-state index contributed by atoms with van der Waals surface area (Å²) >= 11 is 0. The van der Waals surface area contributed by atoms with Crippen molar-refractivity contribution in [2.45, 2.75) is 57.2 Å². The Kier molecular flexibility index (Phi) is 4.64. The molecule has 1 heterocycles. The minimum atomic E-state index is -0.896. The molecule has 0 aromatic rings. The van der Waals surface area contributed by atoms with E-state index in [9.17, 15) is 0 Å². The minimum absolute atomic E-state index is 0.218. The average Bonchev–Trinajstić information content (AvgIpc) is 3.17. The van der Waals surface area contributed by atoms with E-state index in [2.05, 4.69) is 6.92 Å². The van der Waals surface area contributed by atoms with E-state index < -0.39 is 5.97 Å². The third-order valence-corrected chi connectivity index (χ3v) is 4.58. The first-order chi connectivity index (χ1) is 8.65. The second-order valence-corrected chi connectivity index (χ2v) is 5.59. The fourth-order valence-corrected chi connectivity index (χ4v) is 3.26. The quantitative estimate of drug-likeness (QED) is 0.520. The van der Waals surface area contributed by atoms with Crippen LogP contribution < -0.4 is 0 Å².